The number of benzene rings is 2. The zero-order chi connectivity index (χ0) is 26.6. The highest BCUT2D eigenvalue weighted by molar-refractivity contribution is 7.92. The second-order valence-corrected chi connectivity index (χ2v) is 9.19. The van der Waals surface area contributed by atoms with Gasteiger partial charge in [0.25, 0.3) is 0 Å². The maximum absolute atomic E-state index is 14.6. The molecule has 0 bridgehead atoms. The van der Waals surface area contributed by atoms with E-state index in [9.17, 15) is 12.8 Å². The topological polar surface area (TPSA) is 118 Å². The number of methoxy groups -OCH3 is 1. The van der Waals surface area contributed by atoms with Crippen molar-refractivity contribution in [3.05, 3.63) is 54.5 Å². The van der Waals surface area contributed by atoms with Crippen molar-refractivity contribution >= 4 is 44.5 Å². The number of sulfonamides is 1. The number of anilines is 6. The standard InChI is InChI=1S/C22H25FN6O4S/c1-32-20-13-15(29-9-11-33-12-10-29)7-8-19(20)26-22-24-14-16(23)21(27-22)25-17-5-3-4-6-18(17)28-34(2,30)31/h3-8,13-14,28H,9-12H2,1-2H3,(H2,24,25,26,27)/i1D3. The molecule has 0 spiro atoms. The molecule has 0 unspecified atom stereocenters. The Morgan fingerprint density at radius 1 is 1.12 bits per heavy atom. The van der Waals surface area contributed by atoms with Crippen LogP contribution in [-0.2, 0) is 14.8 Å². The number of halogens is 1. The van der Waals surface area contributed by atoms with Gasteiger partial charge in [0.05, 0.1) is 53.9 Å². The maximum atomic E-state index is 14.6. The molecule has 2 heterocycles. The van der Waals surface area contributed by atoms with E-state index in [0.717, 1.165) is 18.1 Å². The highest BCUT2D eigenvalue weighted by Crippen LogP contribution is 2.32. The number of nitrogens with zero attached hydrogens (tertiary/aromatic N) is 3. The SMILES string of the molecule is [2H]C([2H])([2H])Oc1cc(N2CCOCC2)ccc1Nc1ncc(F)c(Nc2ccccc2NS(C)(=O)=O)n1. The van der Waals surface area contributed by atoms with Crippen LogP contribution in [0.15, 0.2) is 48.7 Å². The summed E-state index contributed by atoms with van der Waals surface area (Å²) in [5, 5.41) is 5.63. The van der Waals surface area contributed by atoms with Gasteiger partial charge >= 0.3 is 0 Å². The van der Waals surface area contributed by atoms with Crippen LogP contribution >= 0.6 is 0 Å². The van der Waals surface area contributed by atoms with Crippen molar-refractivity contribution in [2.45, 2.75) is 0 Å². The summed E-state index contributed by atoms with van der Waals surface area (Å²) in [6.07, 6.45) is 1.93. The lowest BCUT2D eigenvalue weighted by Crippen LogP contribution is -2.36. The minimum atomic E-state index is -3.58. The van der Waals surface area contributed by atoms with Crippen molar-refractivity contribution in [2.24, 2.45) is 0 Å². The summed E-state index contributed by atoms with van der Waals surface area (Å²) in [6, 6.07) is 11.3. The number of nitrogens with one attached hydrogen (secondary N) is 3. The van der Waals surface area contributed by atoms with Gasteiger partial charge in [-0.25, -0.2) is 17.8 Å². The third-order valence-corrected chi connectivity index (χ3v) is 5.51. The van der Waals surface area contributed by atoms with Crippen LogP contribution in [0.3, 0.4) is 0 Å². The van der Waals surface area contributed by atoms with Crippen molar-refractivity contribution in [3.63, 3.8) is 0 Å². The lowest BCUT2D eigenvalue weighted by atomic mass is 10.2. The fraction of sp³-hybridized carbons (Fsp3) is 0.273. The highest BCUT2D eigenvalue weighted by Gasteiger charge is 2.16. The van der Waals surface area contributed by atoms with Crippen molar-refractivity contribution in [2.75, 3.05) is 59.9 Å². The van der Waals surface area contributed by atoms with Crippen LogP contribution in [-0.4, -0.2) is 58.0 Å². The number of aromatic nitrogens is 2. The molecule has 1 saturated heterocycles. The van der Waals surface area contributed by atoms with Gasteiger partial charge in [-0.3, -0.25) is 4.72 Å². The summed E-state index contributed by atoms with van der Waals surface area (Å²) in [4.78, 5) is 10.1. The number of hydrogen-bond acceptors (Lipinski definition) is 9. The summed E-state index contributed by atoms with van der Waals surface area (Å²) in [6.45, 7) is 2.40. The van der Waals surface area contributed by atoms with Gasteiger partial charge in [0.1, 0.15) is 5.75 Å². The molecule has 1 aliphatic heterocycles. The molecular weight excluding hydrogens is 463 g/mol. The monoisotopic (exact) mass is 491 g/mol. The summed E-state index contributed by atoms with van der Waals surface area (Å²) in [7, 11) is -6.30. The van der Waals surface area contributed by atoms with E-state index in [-0.39, 0.29) is 34.6 Å². The van der Waals surface area contributed by atoms with Gasteiger partial charge in [0.15, 0.2) is 11.6 Å². The lowest BCUT2D eigenvalue weighted by molar-refractivity contribution is 0.122. The number of ether oxygens (including phenoxy) is 2. The molecule has 180 valence electrons. The Balaban J connectivity index is 1.61. The maximum Gasteiger partial charge on any atom is 0.229 e. The fourth-order valence-corrected chi connectivity index (χ4v) is 3.94. The van der Waals surface area contributed by atoms with Gasteiger partial charge in [0.2, 0.25) is 16.0 Å². The number of morpholine rings is 1. The third kappa shape index (κ3) is 5.83. The first-order chi connectivity index (χ1) is 17.5. The normalized spacial score (nSPS) is 15.6. The molecule has 1 fully saturated rings. The van der Waals surface area contributed by atoms with Gasteiger partial charge < -0.3 is 25.0 Å². The van der Waals surface area contributed by atoms with E-state index in [1.54, 1.807) is 36.4 Å². The first kappa shape index (κ1) is 19.8. The Morgan fingerprint density at radius 3 is 2.62 bits per heavy atom. The molecule has 34 heavy (non-hydrogen) atoms. The van der Waals surface area contributed by atoms with Crippen molar-refractivity contribution in [1.82, 2.24) is 9.97 Å². The van der Waals surface area contributed by atoms with Crippen molar-refractivity contribution in [1.29, 1.82) is 0 Å². The van der Waals surface area contributed by atoms with E-state index in [0.29, 0.717) is 26.3 Å². The number of hydrogen-bond donors (Lipinski definition) is 3. The molecular formula is C22H25FN6O4S. The molecule has 4 rings (SSSR count). The van der Waals surface area contributed by atoms with Crippen LogP contribution < -0.4 is 25.0 Å². The van der Waals surface area contributed by atoms with E-state index < -0.39 is 22.9 Å². The summed E-state index contributed by atoms with van der Waals surface area (Å²) < 4.78 is 73.5. The molecule has 0 saturated carbocycles. The number of rotatable bonds is 8. The van der Waals surface area contributed by atoms with Crippen LogP contribution in [0.25, 0.3) is 0 Å². The average Bonchev–Trinajstić information content (AvgIpc) is 2.82. The largest absolute Gasteiger partial charge is 0.494 e. The van der Waals surface area contributed by atoms with Crippen LogP contribution in [0.1, 0.15) is 4.11 Å². The Hall–Kier alpha value is -3.64. The summed E-state index contributed by atoms with van der Waals surface area (Å²) in [5.41, 5.74) is 1.47. The van der Waals surface area contributed by atoms with Crippen molar-refractivity contribution < 1.29 is 26.4 Å². The zero-order valence-corrected chi connectivity index (χ0v) is 19.0. The minimum absolute atomic E-state index is 0.0362. The second-order valence-electron chi connectivity index (χ2n) is 7.44. The summed E-state index contributed by atoms with van der Waals surface area (Å²) >= 11 is 0. The highest BCUT2D eigenvalue weighted by atomic mass is 32.2. The average molecular weight is 492 g/mol. The molecule has 0 aliphatic carbocycles. The zero-order valence-electron chi connectivity index (χ0n) is 21.2. The molecule has 3 N–H and O–H groups in total. The Bertz CT molecular complexity index is 1370. The van der Waals surface area contributed by atoms with E-state index >= 15 is 0 Å². The second kappa shape index (κ2) is 10.1. The molecule has 0 radical (unpaired) electrons. The van der Waals surface area contributed by atoms with Crippen LogP contribution in [0.4, 0.5) is 38.9 Å². The smallest absolute Gasteiger partial charge is 0.229 e. The first-order valence-corrected chi connectivity index (χ1v) is 12.2. The van der Waals surface area contributed by atoms with E-state index in [2.05, 4.69) is 25.3 Å². The molecule has 2 aromatic carbocycles. The first-order valence-electron chi connectivity index (χ1n) is 11.8. The van der Waals surface area contributed by atoms with E-state index in [1.807, 2.05) is 4.90 Å². The molecule has 3 aromatic rings. The molecule has 1 aliphatic rings. The number of para-hydroxylation sites is 2. The van der Waals surface area contributed by atoms with E-state index in [4.69, 9.17) is 13.6 Å². The van der Waals surface area contributed by atoms with Crippen LogP contribution in [0.2, 0.25) is 0 Å². The quantitative estimate of drug-likeness (QED) is 0.436. The van der Waals surface area contributed by atoms with E-state index in [1.165, 1.54) is 6.07 Å². The van der Waals surface area contributed by atoms with Gasteiger partial charge in [-0.05, 0) is 24.3 Å². The predicted octanol–water partition coefficient (Wildman–Crippen LogP) is 3.32. The van der Waals surface area contributed by atoms with Crippen molar-refractivity contribution in [3.8, 4) is 5.75 Å². The fourth-order valence-electron chi connectivity index (χ4n) is 3.36. The molecule has 0 atom stereocenters. The predicted molar refractivity (Wildman–Crippen MR) is 129 cm³/mol. The van der Waals surface area contributed by atoms with Crippen LogP contribution in [0, 0.1) is 5.82 Å². The van der Waals surface area contributed by atoms with Gasteiger partial charge in [-0.2, -0.15) is 4.98 Å². The van der Waals surface area contributed by atoms with Gasteiger partial charge in [-0.1, -0.05) is 12.1 Å². The Morgan fingerprint density at radius 2 is 1.88 bits per heavy atom. The lowest BCUT2D eigenvalue weighted by Gasteiger charge is -2.29. The minimum Gasteiger partial charge on any atom is -0.494 e. The molecule has 0 amide bonds. The molecule has 12 heteroatoms. The van der Waals surface area contributed by atoms with Gasteiger partial charge in [0, 0.05) is 24.8 Å². The molecule has 10 nitrogen and oxygen atoms in total. The Labute approximate surface area is 201 Å². The summed E-state index contributed by atoms with van der Waals surface area (Å²) in [5.74, 6) is -1.04. The molecule has 1 aromatic heterocycles. The van der Waals surface area contributed by atoms with Crippen LogP contribution in [0.5, 0.6) is 5.75 Å². The Kier molecular flexibility index (Phi) is 5.88. The van der Waals surface area contributed by atoms with Gasteiger partial charge in [-0.15, -0.1) is 0 Å². The third-order valence-electron chi connectivity index (χ3n) is 4.92.